The molecule has 3 aromatic rings. The molecule has 0 saturated carbocycles. The fourth-order valence-electron chi connectivity index (χ4n) is 2.26. The average molecular weight is 437 g/mol. The number of benzene rings is 2. The molecule has 0 spiro atoms. The second-order valence-corrected chi connectivity index (χ2v) is 6.72. The average Bonchev–Trinajstić information content (AvgIpc) is 2.81. The Kier molecular flexibility index (Phi) is 4.32. The Bertz CT molecular complexity index is 948. The second kappa shape index (κ2) is 6.25. The molecule has 0 saturated heterocycles. The smallest absolute Gasteiger partial charge is 0.295 e. The van der Waals surface area contributed by atoms with E-state index in [0.717, 1.165) is 14.5 Å². The van der Waals surface area contributed by atoms with Gasteiger partial charge in [0.15, 0.2) is 5.69 Å². The molecule has 1 amide bonds. The van der Waals surface area contributed by atoms with Gasteiger partial charge >= 0.3 is 0 Å². The fourth-order valence-corrected chi connectivity index (χ4v) is 3.58. The van der Waals surface area contributed by atoms with Crippen LogP contribution in [-0.2, 0) is 0 Å². The minimum atomic E-state index is -0.453. The summed E-state index contributed by atoms with van der Waals surface area (Å²) >= 11 is 6.80. The number of aromatic amines is 1. The molecule has 0 atom stereocenters. The van der Waals surface area contributed by atoms with Crippen LogP contribution in [0, 0.1) is 6.92 Å². The number of azo groups is 1. The number of H-pyrrole nitrogens is 1. The van der Waals surface area contributed by atoms with E-state index < -0.39 is 5.91 Å². The summed E-state index contributed by atoms with van der Waals surface area (Å²) in [5.41, 5.74) is 2.22. The highest BCUT2D eigenvalue weighted by Crippen LogP contribution is 2.40. The molecule has 0 bridgehead atoms. The van der Waals surface area contributed by atoms with Crippen molar-refractivity contribution < 1.29 is 9.90 Å². The molecular weight excluding hydrogens is 426 g/mol. The first-order valence-corrected chi connectivity index (χ1v) is 8.27. The van der Waals surface area contributed by atoms with Gasteiger partial charge in [-0.25, -0.2) is 0 Å². The molecule has 1 aromatic heterocycles. The van der Waals surface area contributed by atoms with E-state index in [1.54, 1.807) is 18.2 Å². The number of hydrogen-bond donors (Lipinski definition) is 2. The van der Waals surface area contributed by atoms with Crippen LogP contribution in [0.2, 0.25) is 0 Å². The zero-order chi connectivity index (χ0) is 16.6. The minimum Gasteiger partial charge on any atom is -0.493 e. The number of fused-ring (bicyclic) bond motifs is 1. The van der Waals surface area contributed by atoms with Crippen LogP contribution >= 0.6 is 31.9 Å². The fraction of sp³-hybridized carbons (Fsp3) is 0.0625. The molecule has 0 fully saturated rings. The lowest BCUT2D eigenvalue weighted by Crippen LogP contribution is -1.96. The minimum absolute atomic E-state index is 0.139. The van der Waals surface area contributed by atoms with Gasteiger partial charge in [-0.1, -0.05) is 34.1 Å². The van der Waals surface area contributed by atoms with Gasteiger partial charge in [-0.2, -0.15) is 0 Å². The molecule has 7 heteroatoms. The van der Waals surface area contributed by atoms with Gasteiger partial charge in [-0.05, 0) is 46.6 Å². The van der Waals surface area contributed by atoms with Crippen molar-refractivity contribution in [2.75, 3.05) is 0 Å². The van der Waals surface area contributed by atoms with Crippen LogP contribution in [0.15, 0.2) is 55.6 Å². The van der Waals surface area contributed by atoms with Gasteiger partial charge in [0.25, 0.3) is 5.91 Å². The van der Waals surface area contributed by atoms with E-state index in [9.17, 15) is 9.90 Å². The number of hydrogen-bond acceptors (Lipinski definition) is 3. The normalized spacial score (nSPS) is 11.4. The van der Waals surface area contributed by atoms with Gasteiger partial charge in [0, 0.05) is 19.9 Å². The molecule has 0 aliphatic carbocycles. The summed E-state index contributed by atoms with van der Waals surface area (Å²) in [6.07, 6.45) is 0. The molecule has 2 N–H and O–H groups in total. The summed E-state index contributed by atoms with van der Waals surface area (Å²) in [6, 6.07) is 10.8. The molecule has 23 heavy (non-hydrogen) atoms. The first kappa shape index (κ1) is 15.9. The van der Waals surface area contributed by atoms with Crippen molar-refractivity contribution in [3.05, 3.63) is 56.5 Å². The largest absolute Gasteiger partial charge is 0.493 e. The lowest BCUT2D eigenvalue weighted by Gasteiger charge is -1.99. The maximum Gasteiger partial charge on any atom is 0.295 e. The van der Waals surface area contributed by atoms with Gasteiger partial charge in [0.1, 0.15) is 0 Å². The summed E-state index contributed by atoms with van der Waals surface area (Å²) in [6.45, 7) is 1.83. The summed E-state index contributed by atoms with van der Waals surface area (Å²) in [5, 5.41) is 18.4. The van der Waals surface area contributed by atoms with Crippen molar-refractivity contribution in [2.24, 2.45) is 10.2 Å². The molecule has 0 aliphatic heterocycles. The number of rotatable bonds is 2. The molecule has 0 unspecified atom stereocenters. The summed E-state index contributed by atoms with van der Waals surface area (Å²) in [5.74, 6) is -0.592. The quantitative estimate of drug-likeness (QED) is 0.510. The summed E-state index contributed by atoms with van der Waals surface area (Å²) in [7, 11) is 0. The first-order chi connectivity index (χ1) is 11.0. The molecule has 1 heterocycles. The Morgan fingerprint density at radius 1 is 1.22 bits per heavy atom. The van der Waals surface area contributed by atoms with Gasteiger partial charge < -0.3 is 10.1 Å². The Labute approximate surface area is 148 Å². The SMILES string of the molecule is Cc1ccccc1C(=O)N=Nc1c(O)[nH]c2c(Br)cc(Br)cc12. The topological polar surface area (TPSA) is 77.8 Å². The van der Waals surface area contributed by atoms with E-state index in [0.29, 0.717) is 16.5 Å². The van der Waals surface area contributed by atoms with Crippen LogP contribution in [0.25, 0.3) is 10.9 Å². The van der Waals surface area contributed by atoms with E-state index in [1.807, 2.05) is 25.1 Å². The maximum atomic E-state index is 12.2. The third-order valence-corrected chi connectivity index (χ3v) is 4.48. The highest BCUT2D eigenvalue weighted by Gasteiger charge is 2.15. The van der Waals surface area contributed by atoms with Gasteiger partial charge in [0.05, 0.1) is 5.52 Å². The Balaban J connectivity index is 2.03. The van der Waals surface area contributed by atoms with Crippen molar-refractivity contribution in [1.82, 2.24) is 4.98 Å². The van der Waals surface area contributed by atoms with Gasteiger partial charge in [-0.3, -0.25) is 4.79 Å². The molecular formula is C16H11Br2N3O2. The number of aryl methyl sites for hydroxylation is 1. The number of nitrogens with zero attached hydrogens (tertiary/aromatic N) is 2. The van der Waals surface area contributed by atoms with E-state index >= 15 is 0 Å². The number of amides is 1. The number of aromatic nitrogens is 1. The van der Waals surface area contributed by atoms with E-state index in [2.05, 4.69) is 47.1 Å². The number of nitrogens with one attached hydrogen (secondary N) is 1. The lowest BCUT2D eigenvalue weighted by atomic mass is 10.1. The second-order valence-electron chi connectivity index (χ2n) is 4.95. The van der Waals surface area contributed by atoms with Crippen molar-refractivity contribution >= 4 is 54.4 Å². The Morgan fingerprint density at radius 3 is 2.70 bits per heavy atom. The van der Waals surface area contributed by atoms with Crippen LogP contribution in [0.5, 0.6) is 5.88 Å². The van der Waals surface area contributed by atoms with Gasteiger partial charge in [0.2, 0.25) is 5.88 Å². The predicted octanol–water partition coefficient (Wildman–Crippen LogP) is 5.63. The molecule has 2 aromatic carbocycles. The molecule has 0 aliphatic rings. The van der Waals surface area contributed by atoms with Crippen LogP contribution < -0.4 is 0 Å². The standard InChI is InChI=1S/C16H11Br2N3O2/c1-8-4-2-3-5-10(8)15(22)21-20-14-11-6-9(17)7-12(18)13(11)19-16(14)23/h2-7,19,23H,1H3. The predicted molar refractivity (Wildman–Crippen MR) is 95.4 cm³/mol. The number of halogens is 2. The van der Waals surface area contributed by atoms with Crippen molar-refractivity contribution in [1.29, 1.82) is 0 Å². The highest BCUT2D eigenvalue weighted by molar-refractivity contribution is 9.11. The molecule has 116 valence electrons. The van der Waals surface area contributed by atoms with Crippen LogP contribution in [0.3, 0.4) is 0 Å². The third kappa shape index (κ3) is 3.07. The number of carbonyl (C=O) groups is 1. The zero-order valence-electron chi connectivity index (χ0n) is 12.0. The van der Waals surface area contributed by atoms with E-state index in [4.69, 9.17) is 0 Å². The van der Waals surface area contributed by atoms with Crippen LogP contribution in [0.1, 0.15) is 15.9 Å². The van der Waals surface area contributed by atoms with Crippen molar-refractivity contribution in [2.45, 2.75) is 6.92 Å². The van der Waals surface area contributed by atoms with Crippen molar-refractivity contribution in [3.63, 3.8) is 0 Å². The van der Waals surface area contributed by atoms with Gasteiger partial charge in [-0.15, -0.1) is 10.2 Å². The first-order valence-electron chi connectivity index (χ1n) is 6.68. The third-order valence-electron chi connectivity index (χ3n) is 3.39. The number of carbonyl (C=O) groups excluding carboxylic acids is 1. The summed E-state index contributed by atoms with van der Waals surface area (Å²) < 4.78 is 1.58. The maximum absolute atomic E-state index is 12.2. The van der Waals surface area contributed by atoms with Crippen LogP contribution in [-0.4, -0.2) is 16.0 Å². The van der Waals surface area contributed by atoms with Crippen molar-refractivity contribution in [3.8, 4) is 5.88 Å². The van der Waals surface area contributed by atoms with Crippen LogP contribution in [0.4, 0.5) is 5.69 Å². The zero-order valence-corrected chi connectivity index (χ0v) is 15.1. The Morgan fingerprint density at radius 2 is 1.96 bits per heavy atom. The monoisotopic (exact) mass is 435 g/mol. The lowest BCUT2D eigenvalue weighted by molar-refractivity contribution is 0.0994. The molecule has 0 radical (unpaired) electrons. The number of aromatic hydroxyl groups is 1. The molecule has 3 rings (SSSR count). The Hall–Kier alpha value is -1.99. The summed E-state index contributed by atoms with van der Waals surface area (Å²) in [4.78, 5) is 15.0. The van der Waals surface area contributed by atoms with E-state index in [-0.39, 0.29) is 11.6 Å². The highest BCUT2D eigenvalue weighted by atomic mass is 79.9. The molecule has 5 nitrogen and oxygen atoms in total. The van der Waals surface area contributed by atoms with E-state index in [1.165, 1.54) is 0 Å².